The molecular formula is C22H16F8N4O3S. The quantitative estimate of drug-likeness (QED) is 0.224. The normalized spacial score (nSPS) is 11.7. The molecule has 16 heteroatoms. The molecule has 2 amide bonds. The fraction of sp³-hybridized carbons (Fsp3) is 0.227. The molecular weight excluding hydrogens is 552 g/mol. The maximum Gasteiger partial charge on any atom is 0.422 e. The second kappa shape index (κ2) is 12.1. The van der Waals surface area contributed by atoms with Gasteiger partial charge in [0.15, 0.2) is 13.2 Å². The third-order valence-electron chi connectivity index (χ3n) is 4.15. The first-order chi connectivity index (χ1) is 17.8. The number of aromatic nitrogens is 2. The van der Waals surface area contributed by atoms with Crippen molar-refractivity contribution in [2.24, 2.45) is 0 Å². The lowest BCUT2D eigenvalue weighted by atomic mass is 10.3. The van der Waals surface area contributed by atoms with E-state index in [1.54, 1.807) is 12.1 Å². The Hall–Kier alpha value is -3.82. The minimum Gasteiger partial charge on any atom is -0.468 e. The van der Waals surface area contributed by atoms with Crippen LogP contribution in [0.25, 0.3) is 0 Å². The van der Waals surface area contributed by atoms with Crippen LogP contribution in [0.3, 0.4) is 0 Å². The van der Waals surface area contributed by atoms with Crippen molar-refractivity contribution in [3.8, 4) is 11.8 Å². The zero-order chi connectivity index (χ0) is 27.9. The minimum atomic E-state index is -4.70. The lowest BCUT2D eigenvalue weighted by Crippen LogP contribution is -2.21. The van der Waals surface area contributed by atoms with Gasteiger partial charge in [-0.15, -0.1) is 11.8 Å². The number of carbonyl (C=O) groups is 1. The SMILES string of the molecule is O=C(Nc1ccc(SCc2nc(OCC(F)(F)F)cc(OCC(F)(F)F)n2)cc1)Nc1ccc(F)cc1F. The van der Waals surface area contributed by atoms with E-state index in [-0.39, 0.29) is 17.3 Å². The van der Waals surface area contributed by atoms with Gasteiger partial charge in [0.25, 0.3) is 0 Å². The molecule has 0 aliphatic heterocycles. The smallest absolute Gasteiger partial charge is 0.422 e. The van der Waals surface area contributed by atoms with E-state index in [4.69, 9.17) is 0 Å². The molecule has 0 aliphatic rings. The predicted octanol–water partition coefficient (Wildman–Crippen LogP) is 6.57. The fourth-order valence-corrected chi connectivity index (χ4v) is 3.38. The molecule has 2 N–H and O–H groups in total. The molecule has 0 unspecified atom stereocenters. The van der Waals surface area contributed by atoms with Crippen LogP contribution in [0.15, 0.2) is 53.4 Å². The maximum atomic E-state index is 13.7. The molecule has 0 saturated heterocycles. The number of rotatable bonds is 9. The molecule has 204 valence electrons. The highest BCUT2D eigenvalue weighted by molar-refractivity contribution is 7.98. The van der Waals surface area contributed by atoms with E-state index in [1.807, 2.05) is 0 Å². The van der Waals surface area contributed by atoms with Crippen molar-refractivity contribution < 1.29 is 49.4 Å². The zero-order valence-electron chi connectivity index (χ0n) is 18.8. The molecule has 0 bridgehead atoms. The van der Waals surface area contributed by atoms with Crippen molar-refractivity contribution in [2.75, 3.05) is 23.8 Å². The number of ether oxygens (including phenoxy) is 2. The molecule has 3 rings (SSSR count). The summed E-state index contributed by atoms with van der Waals surface area (Å²) in [5.41, 5.74) is 0.0621. The highest BCUT2D eigenvalue weighted by Gasteiger charge is 2.30. The van der Waals surface area contributed by atoms with Gasteiger partial charge < -0.3 is 20.1 Å². The molecule has 3 aromatic rings. The molecule has 1 heterocycles. The number of thioether (sulfide) groups is 1. The fourth-order valence-electron chi connectivity index (χ4n) is 2.63. The van der Waals surface area contributed by atoms with Crippen LogP contribution in [0, 0.1) is 11.6 Å². The van der Waals surface area contributed by atoms with Gasteiger partial charge in [-0.1, -0.05) is 0 Å². The topological polar surface area (TPSA) is 85.4 Å². The average molecular weight is 568 g/mol. The second-order valence-electron chi connectivity index (χ2n) is 7.28. The molecule has 0 saturated carbocycles. The lowest BCUT2D eigenvalue weighted by molar-refractivity contribution is -0.154. The third kappa shape index (κ3) is 9.91. The summed E-state index contributed by atoms with van der Waals surface area (Å²) in [6.07, 6.45) is -9.40. The molecule has 2 aromatic carbocycles. The first-order valence-electron chi connectivity index (χ1n) is 10.3. The number of halogens is 8. The number of alkyl halides is 6. The molecule has 0 fully saturated rings. The summed E-state index contributed by atoms with van der Waals surface area (Å²) in [6, 6.07) is 8.59. The summed E-state index contributed by atoms with van der Waals surface area (Å²) in [5, 5.41) is 4.66. The van der Waals surface area contributed by atoms with Gasteiger partial charge in [-0.05, 0) is 36.4 Å². The van der Waals surface area contributed by atoms with Gasteiger partial charge in [-0.25, -0.2) is 13.6 Å². The number of amides is 2. The Morgan fingerprint density at radius 1 is 0.816 bits per heavy atom. The Balaban J connectivity index is 1.61. The molecule has 38 heavy (non-hydrogen) atoms. The Labute approximate surface area is 213 Å². The highest BCUT2D eigenvalue weighted by atomic mass is 32.2. The minimum absolute atomic E-state index is 0.0807. The Kier molecular flexibility index (Phi) is 9.19. The number of anilines is 2. The predicted molar refractivity (Wildman–Crippen MR) is 120 cm³/mol. The zero-order valence-corrected chi connectivity index (χ0v) is 19.6. The van der Waals surface area contributed by atoms with Crippen LogP contribution in [-0.2, 0) is 5.75 Å². The van der Waals surface area contributed by atoms with Crippen molar-refractivity contribution in [1.82, 2.24) is 9.97 Å². The molecule has 0 radical (unpaired) electrons. The van der Waals surface area contributed by atoms with Crippen LogP contribution in [0.5, 0.6) is 11.8 Å². The van der Waals surface area contributed by atoms with Gasteiger partial charge in [0.1, 0.15) is 17.5 Å². The number of carbonyl (C=O) groups excluding carboxylic acids is 1. The van der Waals surface area contributed by atoms with E-state index < -0.39 is 55.0 Å². The standard InChI is InChI=1S/C22H16F8N4O3S/c23-12-1-6-16(15(24)7-12)32-20(35)31-13-2-4-14(5-3-13)38-9-17-33-18(36-10-21(25,26)27)8-19(34-17)37-11-22(28,29)30/h1-8H,9-11H2,(H2,31,32,35). The van der Waals surface area contributed by atoms with E-state index in [9.17, 15) is 39.9 Å². The van der Waals surface area contributed by atoms with Crippen molar-refractivity contribution in [2.45, 2.75) is 23.0 Å². The van der Waals surface area contributed by atoms with E-state index in [0.717, 1.165) is 30.0 Å². The van der Waals surface area contributed by atoms with Crippen molar-refractivity contribution >= 4 is 29.2 Å². The first-order valence-corrected chi connectivity index (χ1v) is 11.3. The summed E-state index contributed by atoms with van der Waals surface area (Å²) < 4.78 is 110. The number of urea groups is 1. The van der Waals surface area contributed by atoms with Gasteiger partial charge in [-0.2, -0.15) is 36.3 Å². The van der Waals surface area contributed by atoms with E-state index >= 15 is 0 Å². The van der Waals surface area contributed by atoms with Crippen LogP contribution in [0.1, 0.15) is 5.82 Å². The number of hydrogen-bond donors (Lipinski definition) is 2. The Bertz CT molecular complexity index is 1220. The number of benzene rings is 2. The summed E-state index contributed by atoms with van der Waals surface area (Å²) in [7, 11) is 0. The summed E-state index contributed by atoms with van der Waals surface area (Å²) in [6.45, 7) is -3.43. The Morgan fingerprint density at radius 2 is 1.39 bits per heavy atom. The molecule has 0 aliphatic carbocycles. The van der Waals surface area contributed by atoms with Crippen LogP contribution < -0.4 is 20.1 Å². The molecule has 0 spiro atoms. The second-order valence-corrected chi connectivity index (χ2v) is 8.33. The number of hydrogen-bond acceptors (Lipinski definition) is 6. The third-order valence-corrected chi connectivity index (χ3v) is 5.16. The average Bonchev–Trinajstić information content (AvgIpc) is 2.82. The summed E-state index contributed by atoms with van der Waals surface area (Å²) in [4.78, 5) is 20.2. The van der Waals surface area contributed by atoms with Crippen molar-refractivity contribution in [3.05, 3.63) is 66.0 Å². The van der Waals surface area contributed by atoms with Crippen LogP contribution in [0.2, 0.25) is 0 Å². The van der Waals surface area contributed by atoms with Crippen LogP contribution >= 0.6 is 11.8 Å². The van der Waals surface area contributed by atoms with E-state index in [1.165, 1.54) is 12.1 Å². The number of nitrogens with one attached hydrogen (secondary N) is 2. The van der Waals surface area contributed by atoms with Crippen LogP contribution in [0.4, 0.5) is 51.3 Å². The van der Waals surface area contributed by atoms with Gasteiger partial charge in [0.05, 0.1) is 17.5 Å². The molecule has 1 aromatic heterocycles. The van der Waals surface area contributed by atoms with Gasteiger partial charge >= 0.3 is 18.4 Å². The highest BCUT2D eigenvalue weighted by Crippen LogP contribution is 2.27. The molecule has 0 atom stereocenters. The van der Waals surface area contributed by atoms with Crippen molar-refractivity contribution in [1.29, 1.82) is 0 Å². The van der Waals surface area contributed by atoms with Gasteiger partial charge in [-0.3, -0.25) is 0 Å². The van der Waals surface area contributed by atoms with Crippen LogP contribution in [-0.4, -0.2) is 41.6 Å². The molecule has 7 nitrogen and oxygen atoms in total. The van der Waals surface area contributed by atoms with Gasteiger partial charge in [0.2, 0.25) is 11.8 Å². The van der Waals surface area contributed by atoms with Crippen molar-refractivity contribution in [3.63, 3.8) is 0 Å². The van der Waals surface area contributed by atoms with E-state index in [2.05, 4.69) is 30.1 Å². The monoisotopic (exact) mass is 568 g/mol. The Morgan fingerprint density at radius 3 is 1.92 bits per heavy atom. The largest absolute Gasteiger partial charge is 0.468 e. The lowest BCUT2D eigenvalue weighted by Gasteiger charge is -2.13. The number of nitrogens with zero attached hydrogens (tertiary/aromatic N) is 2. The first kappa shape index (κ1) is 28.7. The summed E-state index contributed by atoms with van der Waals surface area (Å²) >= 11 is 1.08. The van der Waals surface area contributed by atoms with Gasteiger partial charge in [0, 0.05) is 16.6 Å². The van der Waals surface area contributed by atoms with E-state index in [0.29, 0.717) is 16.6 Å². The maximum absolute atomic E-state index is 13.7. The summed E-state index contributed by atoms with van der Waals surface area (Å²) in [5.74, 6) is -3.24.